The Balaban J connectivity index is 2.80. The van der Waals surface area contributed by atoms with Crippen LogP contribution in [-0.4, -0.2) is 32.7 Å². The SMILES string of the molecule is [B][C@@H]1OC(CC)(CC)[C@H](C)C1OC. The van der Waals surface area contributed by atoms with Gasteiger partial charge in [-0.2, -0.15) is 0 Å². The molecule has 1 saturated heterocycles. The van der Waals surface area contributed by atoms with Gasteiger partial charge in [-0.15, -0.1) is 0 Å². The predicted octanol–water partition coefficient (Wildman–Crippen LogP) is 1.72. The van der Waals surface area contributed by atoms with Crippen LogP contribution in [0, 0.1) is 5.92 Å². The number of hydrogen-bond acceptors (Lipinski definition) is 2. The summed E-state index contributed by atoms with van der Waals surface area (Å²) in [5, 5.41) is 0. The van der Waals surface area contributed by atoms with Crippen LogP contribution >= 0.6 is 0 Å². The Hall–Kier alpha value is -0.0151. The van der Waals surface area contributed by atoms with Crippen LogP contribution in [0.2, 0.25) is 0 Å². The first-order chi connectivity index (χ1) is 6.11. The summed E-state index contributed by atoms with van der Waals surface area (Å²) in [6.45, 7) is 6.45. The lowest BCUT2D eigenvalue weighted by molar-refractivity contribution is -0.0377. The van der Waals surface area contributed by atoms with E-state index in [-0.39, 0.29) is 17.7 Å². The van der Waals surface area contributed by atoms with Crippen molar-refractivity contribution in [2.75, 3.05) is 7.11 Å². The summed E-state index contributed by atoms with van der Waals surface area (Å²) in [6.07, 6.45) is 2.04. The topological polar surface area (TPSA) is 18.5 Å². The molecule has 0 aliphatic carbocycles. The smallest absolute Gasteiger partial charge is 0.112 e. The molecule has 74 valence electrons. The molecule has 0 spiro atoms. The Morgan fingerprint density at radius 2 is 1.92 bits per heavy atom. The summed E-state index contributed by atoms with van der Waals surface area (Å²) in [7, 11) is 7.56. The highest BCUT2D eigenvalue weighted by atomic mass is 16.6. The van der Waals surface area contributed by atoms with E-state index in [4.69, 9.17) is 17.3 Å². The first kappa shape index (κ1) is 11.1. The van der Waals surface area contributed by atoms with Gasteiger partial charge in [0.15, 0.2) is 0 Å². The summed E-state index contributed by atoms with van der Waals surface area (Å²) in [5.74, 6) is 0.377. The van der Waals surface area contributed by atoms with Crippen molar-refractivity contribution >= 4 is 7.85 Å². The van der Waals surface area contributed by atoms with Crippen LogP contribution in [0.1, 0.15) is 33.6 Å². The third-order valence-electron chi connectivity index (χ3n) is 3.49. The maximum absolute atomic E-state index is 5.86. The van der Waals surface area contributed by atoms with Gasteiger partial charge in [-0.25, -0.2) is 0 Å². The minimum atomic E-state index is -0.264. The maximum atomic E-state index is 5.86. The predicted molar refractivity (Wildman–Crippen MR) is 53.9 cm³/mol. The van der Waals surface area contributed by atoms with Crippen molar-refractivity contribution in [2.45, 2.75) is 51.3 Å². The van der Waals surface area contributed by atoms with Gasteiger partial charge in [0.25, 0.3) is 0 Å². The molecule has 0 bridgehead atoms. The molecule has 1 fully saturated rings. The Morgan fingerprint density at radius 1 is 1.38 bits per heavy atom. The van der Waals surface area contributed by atoms with Gasteiger partial charge in [-0.3, -0.25) is 0 Å². The maximum Gasteiger partial charge on any atom is 0.112 e. The molecule has 1 rings (SSSR count). The largest absolute Gasteiger partial charge is 0.379 e. The fourth-order valence-electron chi connectivity index (χ4n) is 2.43. The average Bonchev–Trinajstić information content (AvgIpc) is 2.38. The Morgan fingerprint density at radius 3 is 2.15 bits per heavy atom. The van der Waals surface area contributed by atoms with E-state index in [1.165, 1.54) is 0 Å². The van der Waals surface area contributed by atoms with Crippen molar-refractivity contribution in [1.29, 1.82) is 0 Å². The Bertz CT molecular complexity index is 168. The molecule has 1 aliphatic rings. The van der Waals surface area contributed by atoms with Crippen LogP contribution in [-0.2, 0) is 9.47 Å². The number of methoxy groups -OCH3 is 1. The Labute approximate surface area is 82.4 Å². The van der Waals surface area contributed by atoms with Crippen LogP contribution in [0.3, 0.4) is 0 Å². The molecular weight excluding hydrogens is 163 g/mol. The van der Waals surface area contributed by atoms with Gasteiger partial charge in [0.1, 0.15) is 7.85 Å². The minimum Gasteiger partial charge on any atom is -0.379 e. The molecule has 1 unspecified atom stereocenters. The van der Waals surface area contributed by atoms with E-state index in [1.807, 2.05) is 0 Å². The molecule has 3 atom stereocenters. The van der Waals surface area contributed by atoms with Crippen molar-refractivity contribution in [3.05, 3.63) is 0 Å². The third-order valence-corrected chi connectivity index (χ3v) is 3.49. The van der Waals surface area contributed by atoms with E-state index < -0.39 is 0 Å². The van der Waals surface area contributed by atoms with E-state index >= 15 is 0 Å². The van der Waals surface area contributed by atoms with E-state index in [0.717, 1.165) is 12.8 Å². The molecule has 0 aromatic rings. The van der Waals surface area contributed by atoms with Gasteiger partial charge in [0.05, 0.1) is 11.7 Å². The van der Waals surface area contributed by atoms with Crippen molar-refractivity contribution < 1.29 is 9.47 Å². The normalized spacial score (nSPS) is 38.0. The van der Waals surface area contributed by atoms with Crippen molar-refractivity contribution in [2.24, 2.45) is 5.92 Å². The zero-order valence-corrected chi connectivity index (χ0v) is 9.04. The summed E-state index contributed by atoms with van der Waals surface area (Å²) < 4.78 is 11.2. The molecule has 0 N–H and O–H groups in total. The highest BCUT2D eigenvalue weighted by molar-refractivity contribution is 6.11. The first-order valence-corrected chi connectivity index (χ1v) is 5.07. The lowest BCUT2D eigenvalue weighted by Gasteiger charge is -2.31. The highest BCUT2D eigenvalue weighted by Gasteiger charge is 2.48. The van der Waals surface area contributed by atoms with Crippen molar-refractivity contribution in [3.8, 4) is 0 Å². The molecule has 3 heteroatoms. The fraction of sp³-hybridized carbons (Fsp3) is 1.00. The molecule has 2 nitrogen and oxygen atoms in total. The lowest BCUT2D eigenvalue weighted by Crippen LogP contribution is -2.35. The molecule has 13 heavy (non-hydrogen) atoms. The van der Waals surface area contributed by atoms with Gasteiger partial charge in [0.2, 0.25) is 0 Å². The molecule has 0 aromatic heterocycles. The monoisotopic (exact) mass is 182 g/mol. The van der Waals surface area contributed by atoms with E-state index in [2.05, 4.69) is 20.8 Å². The van der Waals surface area contributed by atoms with Gasteiger partial charge in [-0.05, 0) is 12.8 Å². The number of hydrogen-bond donors (Lipinski definition) is 0. The van der Waals surface area contributed by atoms with Crippen LogP contribution in [0.15, 0.2) is 0 Å². The van der Waals surface area contributed by atoms with E-state index in [0.29, 0.717) is 5.92 Å². The molecular formula is C10H19BO2. The quantitative estimate of drug-likeness (QED) is 0.618. The van der Waals surface area contributed by atoms with Gasteiger partial charge in [0, 0.05) is 19.0 Å². The average molecular weight is 182 g/mol. The molecule has 0 amide bonds. The summed E-state index contributed by atoms with van der Waals surface area (Å²) >= 11 is 0. The molecule has 0 saturated carbocycles. The van der Waals surface area contributed by atoms with Crippen LogP contribution < -0.4 is 0 Å². The van der Waals surface area contributed by atoms with Crippen molar-refractivity contribution in [3.63, 3.8) is 0 Å². The van der Waals surface area contributed by atoms with E-state index in [1.54, 1.807) is 7.11 Å². The van der Waals surface area contributed by atoms with Gasteiger partial charge < -0.3 is 9.47 Å². The molecule has 0 aromatic carbocycles. The van der Waals surface area contributed by atoms with Crippen LogP contribution in [0.25, 0.3) is 0 Å². The van der Waals surface area contributed by atoms with E-state index in [9.17, 15) is 0 Å². The van der Waals surface area contributed by atoms with Gasteiger partial charge in [-0.1, -0.05) is 20.8 Å². The number of ether oxygens (including phenoxy) is 2. The Kier molecular flexibility index (Phi) is 3.41. The summed E-state index contributed by atoms with van der Waals surface area (Å²) in [5.41, 5.74) is -0.0694. The van der Waals surface area contributed by atoms with Crippen molar-refractivity contribution in [1.82, 2.24) is 0 Å². The minimum absolute atomic E-state index is 0.0416. The number of rotatable bonds is 3. The standard InChI is InChI=1S/C10H19BO2/c1-5-10(6-2)7(3)8(12-4)9(11)13-10/h7-9H,5-6H2,1-4H3/t7-,8?,9-/m1/s1. The van der Waals surface area contributed by atoms with Gasteiger partial charge >= 0.3 is 0 Å². The second kappa shape index (κ2) is 4.01. The summed E-state index contributed by atoms with van der Waals surface area (Å²) in [6, 6.07) is -0.264. The third kappa shape index (κ3) is 1.64. The highest BCUT2D eigenvalue weighted by Crippen LogP contribution is 2.41. The summed E-state index contributed by atoms with van der Waals surface area (Å²) in [4.78, 5) is 0. The zero-order chi connectivity index (χ0) is 10.1. The van der Waals surface area contributed by atoms with Crippen LogP contribution in [0.4, 0.5) is 0 Å². The second-order valence-electron chi connectivity index (χ2n) is 3.84. The zero-order valence-electron chi connectivity index (χ0n) is 9.04. The second-order valence-corrected chi connectivity index (χ2v) is 3.84. The fourth-order valence-corrected chi connectivity index (χ4v) is 2.43. The lowest BCUT2D eigenvalue weighted by atomic mass is 9.80. The molecule has 1 aliphatic heterocycles. The first-order valence-electron chi connectivity index (χ1n) is 5.07. The van der Waals surface area contributed by atoms with Crippen LogP contribution in [0.5, 0.6) is 0 Å². The molecule has 1 heterocycles. The molecule has 2 radical (unpaired) electrons.